The van der Waals surface area contributed by atoms with Crippen molar-refractivity contribution in [2.75, 3.05) is 37.5 Å². The number of phenolic OH excluding ortho intramolecular Hbond substituents is 2. The van der Waals surface area contributed by atoms with Gasteiger partial charge in [-0.1, -0.05) is 12.1 Å². The fourth-order valence-corrected chi connectivity index (χ4v) is 1.90. The van der Waals surface area contributed by atoms with Gasteiger partial charge in [-0.2, -0.15) is 0 Å². The number of likely N-dealkylation sites (N-methyl/N-ethyl adjacent to an activating group) is 1. The molecule has 6 nitrogen and oxygen atoms in total. The molecule has 0 saturated carbocycles. The third-order valence-corrected chi connectivity index (χ3v) is 3.21. The second kappa shape index (κ2) is 5.73. The predicted molar refractivity (Wildman–Crippen MR) is 79.7 cm³/mol. The van der Waals surface area contributed by atoms with Gasteiger partial charge in [-0.05, 0) is 18.1 Å². The molecular weight excluding hydrogens is 256 g/mol. The number of nitrogens with one attached hydrogen (secondary N) is 1. The molecule has 2 rings (SSSR count). The van der Waals surface area contributed by atoms with Crippen molar-refractivity contribution in [2.24, 2.45) is 0 Å². The van der Waals surface area contributed by atoms with E-state index in [1.807, 2.05) is 30.9 Å². The SMILES string of the molecule is CN(C)c1cnc(N(C)CCc2cccc(O)c2O)[nH]1. The number of aromatic hydroxyl groups is 2. The van der Waals surface area contributed by atoms with Crippen LogP contribution in [0.2, 0.25) is 0 Å². The van der Waals surface area contributed by atoms with Crippen molar-refractivity contribution in [1.82, 2.24) is 9.97 Å². The van der Waals surface area contributed by atoms with Crippen LogP contribution in [0.15, 0.2) is 24.4 Å². The number of nitrogens with zero attached hydrogens (tertiary/aromatic N) is 3. The molecule has 2 aromatic rings. The fraction of sp³-hybridized carbons (Fsp3) is 0.357. The average Bonchev–Trinajstić information content (AvgIpc) is 2.90. The zero-order valence-corrected chi connectivity index (χ0v) is 12.0. The summed E-state index contributed by atoms with van der Waals surface area (Å²) in [5.41, 5.74) is 0.719. The summed E-state index contributed by atoms with van der Waals surface area (Å²) in [6.45, 7) is 0.678. The van der Waals surface area contributed by atoms with Crippen molar-refractivity contribution in [3.8, 4) is 11.5 Å². The number of rotatable bonds is 5. The van der Waals surface area contributed by atoms with Gasteiger partial charge in [0.1, 0.15) is 5.82 Å². The fourth-order valence-electron chi connectivity index (χ4n) is 1.90. The highest BCUT2D eigenvalue weighted by Gasteiger charge is 2.10. The molecular formula is C14H20N4O2. The van der Waals surface area contributed by atoms with Gasteiger partial charge in [-0.25, -0.2) is 4.98 Å². The highest BCUT2D eigenvalue weighted by Crippen LogP contribution is 2.28. The topological polar surface area (TPSA) is 75.6 Å². The summed E-state index contributed by atoms with van der Waals surface area (Å²) < 4.78 is 0. The summed E-state index contributed by atoms with van der Waals surface area (Å²) >= 11 is 0. The smallest absolute Gasteiger partial charge is 0.204 e. The number of anilines is 2. The minimum atomic E-state index is -0.0851. The van der Waals surface area contributed by atoms with E-state index >= 15 is 0 Å². The Morgan fingerprint density at radius 3 is 2.60 bits per heavy atom. The van der Waals surface area contributed by atoms with Crippen LogP contribution in [0, 0.1) is 0 Å². The molecule has 0 aliphatic rings. The van der Waals surface area contributed by atoms with Crippen LogP contribution in [0.4, 0.5) is 11.8 Å². The van der Waals surface area contributed by atoms with E-state index in [-0.39, 0.29) is 11.5 Å². The number of aromatic amines is 1. The number of benzene rings is 1. The molecule has 0 atom stereocenters. The number of phenols is 2. The van der Waals surface area contributed by atoms with Crippen LogP contribution in [0.25, 0.3) is 0 Å². The molecule has 6 heteroatoms. The third kappa shape index (κ3) is 2.96. The first-order valence-electron chi connectivity index (χ1n) is 6.42. The molecule has 0 aliphatic carbocycles. The molecule has 0 aliphatic heterocycles. The van der Waals surface area contributed by atoms with Crippen LogP contribution in [0.1, 0.15) is 5.56 Å². The summed E-state index contributed by atoms with van der Waals surface area (Å²) in [6, 6.07) is 5.00. The predicted octanol–water partition coefficient (Wildman–Crippen LogP) is 1.57. The molecule has 3 N–H and O–H groups in total. The van der Waals surface area contributed by atoms with Gasteiger partial charge in [0.15, 0.2) is 11.5 Å². The van der Waals surface area contributed by atoms with Gasteiger partial charge in [-0.3, -0.25) is 0 Å². The Morgan fingerprint density at radius 2 is 1.95 bits per heavy atom. The van der Waals surface area contributed by atoms with Gasteiger partial charge in [0.05, 0.1) is 6.20 Å². The quantitative estimate of drug-likeness (QED) is 0.723. The molecule has 0 saturated heterocycles. The first-order valence-corrected chi connectivity index (χ1v) is 6.42. The van der Waals surface area contributed by atoms with E-state index in [1.54, 1.807) is 18.3 Å². The molecule has 1 aromatic heterocycles. The van der Waals surface area contributed by atoms with Crippen molar-refractivity contribution < 1.29 is 10.2 Å². The van der Waals surface area contributed by atoms with Crippen LogP contribution in [0.3, 0.4) is 0 Å². The second-order valence-electron chi connectivity index (χ2n) is 4.94. The lowest BCUT2D eigenvalue weighted by atomic mass is 10.1. The summed E-state index contributed by atoms with van der Waals surface area (Å²) in [5, 5.41) is 19.2. The van der Waals surface area contributed by atoms with E-state index in [9.17, 15) is 10.2 Å². The van der Waals surface area contributed by atoms with Gasteiger partial charge in [0.25, 0.3) is 0 Å². The highest BCUT2D eigenvalue weighted by molar-refractivity contribution is 5.46. The molecule has 0 radical (unpaired) electrons. The maximum atomic E-state index is 9.76. The molecule has 1 aromatic carbocycles. The van der Waals surface area contributed by atoms with Crippen molar-refractivity contribution >= 4 is 11.8 Å². The summed E-state index contributed by atoms with van der Waals surface area (Å²) in [4.78, 5) is 11.4. The number of aromatic nitrogens is 2. The van der Waals surface area contributed by atoms with E-state index in [2.05, 4.69) is 9.97 Å². The Kier molecular flexibility index (Phi) is 4.02. The van der Waals surface area contributed by atoms with Gasteiger partial charge in [-0.15, -0.1) is 0 Å². The Bertz CT molecular complexity index is 580. The Morgan fingerprint density at radius 1 is 1.20 bits per heavy atom. The molecule has 0 unspecified atom stereocenters. The van der Waals surface area contributed by atoms with E-state index in [1.165, 1.54) is 6.07 Å². The first-order chi connectivity index (χ1) is 9.49. The Labute approximate surface area is 118 Å². The number of H-pyrrole nitrogens is 1. The molecule has 0 spiro atoms. The van der Waals surface area contributed by atoms with Gasteiger partial charge in [0, 0.05) is 27.7 Å². The lowest BCUT2D eigenvalue weighted by Crippen LogP contribution is -2.21. The van der Waals surface area contributed by atoms with Gasteiger partial charge in [0.2, 0.25) is 5.95 Å². The molecule has 20 heavy (non-hydrogen) atoms. The van der Waals surface area contributed by atoms with Gasteiger partial charge < -0.3 is 25.0 Å². The van der Waals surface area contributed by atoms with E-state index < -0.39 is 0 Å². The Hall–Kier alpha value is -2.37. The maximum Gasteiger partial charge on any atom is 0.204 e. The molecule has 108 valence electrons. The maximum absolute atomic E-state index is 9.76. The van der Waals surface area contributed by atoms with Crippen molar-refractivity contribution in [3.05, 3.63) is 30.0 Å². The standard InChI is InChI=1S/C14H20N4O2/c1-17(2)12-9-15-14(16-12)18(3)8-7-10-5-4-6-11(19)13(10)20/h4-6,9,19-20H,7-8H2,1-3H3,(H,15,16). The van der Waals surface area contributed by atoms with Crippen LogP contribution in [-0.4, -0.2) is 47.9 Å². The molecule has 0 fully saturated rings. The first kappa shape index (κ1) is 14.0. The number of hydrogen-bond acceptors (Lipinski definition) is 5. The van der Waals surface area contributed by atoms with Crippen LogP contribution in [-0.2, 0) is 6.42 Å². The van der Waals surface area contributed by atoms with E-state index in [0.717, 1.165) is 17.3 Å². The molecule has 1 heterocycles. The van der Waals surface area contributed by atoms with Crippen LogP contribution >= 0.6 is 0 Å². The van der Waals surface area contributed by atoms with E-state index in [0.29, 0.717) is 13.0 Å². The average molecular weight is 276 g/mol. The van der Waals surface area contributed by atoms with Crippen LogP contribution < -0.4 is 9.80 Å². The van der Waals surface area contributed by atoms with Crippen LogP contribution in [0.5, 0.6) is 11.5 Å². The minimum absolute atomic E-state index is 0.0469. The second-order valence-corrected chi connectivity index (χ2v) is 4.94. The normalized spacial score (nSPS) is 10.6. The summed E-state index contributed by atoms with van der Waals surface area (Å²) in [6.07, 6.45) is 2.40. The van der Waals surface area contributed by atoms with Crippen molar-refractivity contribution in [1.29, 1.82) is 0 Å². The number of imidazole rings is 1. The third-order valence-electron chi connectivity index (χ3n) is 3.21. The number of hydrogen-bond donors (Lipinski definition) is 3. The largest absolute Gasteiger partial charge is 0.504 e. The van der Waals surface area contributed by atoms with Crippen molar-refractivity contribution in [3.63, 3.8) is 0 Å². The molecule has 0 bridgehead atoms. The lowest BCUT2D eigenvalue weighted by molar-refractivity contribution is 0.399. The minimum Gasteiger partial charge on any atom is -0.504 e. The summed E-state index contributed by atoms with van der Waals surface area (Å²) in [5.74, 6) is 1.58. The van der Waals surface area contributed by atoms with Gasteiger partial charge >= 0.3 is 0 Å². The van der Waals surface area contributed by atoms with Crippen molar-refractivity contribution in [2.45, 2.75) is 6.42 Å². The zero-order chi connectivity index (χ0) is 14.7. The molecule has 0 amide bonds. The number of para-hydroxylation sites is 1. The van der Waals surface area contributed by atoms with E-state index in [4.69, 9.17) is 0 Å². The highest BCUT2D eigenvalue weighted by atomic mass is 16.3. The summed E-state index contributed by atoms with van der Waals surface area (Å²) in [7, 11) is 5.82. The zero-order valence-electron chi connectivity index (χ0n) is 12.0. The monoisotopic (exact) mass is 276 g/mol. The lowest BCUT2D eigenvalue weighted by Gasteiger charge is -2.17. The Balaban J connectivity index is 2.01.